The van der Waals surface area contributed by atoms with E-state index in [0.29, 0.717) is 6.54 Å². The van der Waals surface area contributed by atoms with Crippen LogP contribution in [0, 0.1) is 0 Å². The van der Waals surface area contributed by atoms with Crippen molar-refractivity contribution in [1.29, 1.82) is 0 Å². The number of carboxylic acids is 1. The molecule has 0 aliphatic rings. The third-order valence-corrected chi connectivity index (χ3v) is 4.15. The lowest BCUT2D eigenvalue weighted by Crippen LogP contribution is -2.29. The number of hydrogen-bond donors (Lipinski definition) is 2. The topological polar surface area (TPSA) is 137 Å². The van der Waals surface area contributed by atoms with Gasteiger partial charge in [0.05, 0.1) is 19.2 Å². The second-order valence-corrected chi connectivity index (χ2v) is 6.57. The Labute approximate surface area is 191 Å². The number of pyridine rings is 1. The molecular formula is C21H21F3N4O6. The number of halogens is 3. The molecule has 34 heavy (non-hydrogen) atoms. The van der Waals surface area contributed by atoms with Crippen LogP contribution in [0.25, 0.3) is 0 Å². The zero-order valence-corrected chi connectivity index (χ0v) is 17.9. The Balaban J connectivity index is 0.000000509. The number of ether oxygens (including phenoxy) is 1. The molecule has 2 N–H and O–H groups in total. The van der Waals surface area contributed by atoms with Crippen molar-refractivity contribution in [3.63, 3.8) is 0 Å². The molecule has 3 rings (SSSR count). The van der Waals surface area contributed by atoms with E-state index >= 15 is 0 Å². The summed E-state index contributed by atoms with van der Waals surface area (Å²) < 4.78 is 43.3. The lowest BCUT2D eigenvalue weighted by atomic mass is 10.1. The summed E-state index contributed by atoms with van der Waals surface area (Å²) in [6.07, 6.45) is -3.34. The number of alkyl halides is 3. The van der Waals surface area contributed by atoms with Crippen LogP contribution in [0.3, 0.4) is 0 Å². The number of rotatable bonds is 8. The fraction of sp³-hybridized carbons (Fsp3) is 0.286. The van der Waals surface area contributed by atoms with Gasteiger partial charge in [0.2, 0.25) is 5.89 Å². The van der Waals surface area contributed by atoms with Crippen molar-refractivity contribution in [2.45, 2.75) is 32.2 Å². The fourth-order valence-electron chi connectivity index (χ4n) is 2.60. The molecule has 0 saturated heterocycles. The lowest BCUT2D eigenvalue weighted by molar-refractivity contribution is -0.192. The van der Waals surface area contributed by atoms with Gasteiger partial charge in [-0.1, -0.05) is 36.4 Å². The van der Waals surface area contributed by atoms with E-state index in [1.165, 1.54) is 6.07 Å². The van der Waals surface area contributed by atoms with Crippen LogP contribution >= 0.6 is 0 Å². The van der Waals surface area contributed by atoms with Gasteiger partial charge in [-0.2, -0.15) is 18.2 Å². The molecule has 182 valence electrons. The highest BCUT2D eigenvalue weighted by atomic mass is 19.4. The van der Waals surface area contributed by atoms with E-state index in [9.17, 15) is 22.8 Å². The van der Waals surface area contributed by atoms with Gasteiger partial charge in [-0.25, -0.2) is 9.59 Å². The van der Waals surface area contributed by atoms with E-state index in [0.717, 1.165) is 5.56 Å². The first-order chi connectivity index (χ1) is 16.1. The lowest BCUT2D eigenvalue weighted by Gasteiger charge is -2.19. The number of carbonyl (C=O) groups excluding carboxylic acids is 1. The van der Waals surface area contributed by atoms with E-state index < -0.39 is 18.1 Å². The number of aliphatic carboxylic acids is 1. The predicted octanol–water partition coefficient (Wildman–Crippen LogP) is 2.57. The van der Waals surface area contributed by atoms with Crippen molar-refractivity contribution >= 4 is 11.9 Å². The number of nitrogens with zero attached hydrogens (tertiary/aromatic N) is 3. The van der Waals surface area contributed by atoms with Crippen LogP contribution in [-0.2, 0) is 22.6 Å². The number of esters is 1. The molecule has 0 bridgehead atoms. The molecule has 2 aromatic heterocycles. The van der Waals surface area contributed by atoms with E-state index in [1.807, 2.05) is 36.4 Å². The van der Waals surface area contributed by atoms with E-state index in [2.05, 4.69) is 15.5 Å². The van der Waals surface area contributed by atoms with E-state index in [4.69, 9.17) is 19.2 Å². The van der Waals surface area contributed by atoms with Crippen LogP contribution in [0.2, 0.25) is 0 Å². The number of carbonyl (C=O) groups is 2. The van der Waals surface area contributed by atoms with E-state index in [-0.39, 0.29) is 36.5 Å². The largest absolute Gasteiger partial charge is 0.490 e. The molecule has 3 aromatic rings. The van der Waals surface area contributed by atoms with Gasteiger partial charge in [0.15, 0.2) is 0 Å². The minimum atomic E-state index is -5.08. The van der Waals surface area contributed by atoms with Gasteiger partial charge < -0.3 is 18.9 Å². The SMILES string of the molecule is CCOC(=O)c1noc(CNC(Cn2ccccc2=O)c2ccccc2)n1.O=C(O)C(F)(F)F. The number of aromatic nitrogens is 3. The molecule has 0 aliphatic heterocycles. The van der Waals surface area contributed by atoms with Crippen molar-refractivity contribution in [2.24, 2.45) is 0 Å². The summed E-state index contributed by atoms with van der Waals surface area (Å²) in [6.45, 7) is 2.62. The zero-order chi connectivity index (χ0) is 25.1. The van der Waals surface area contributed by atoms with Gasteiger partial charge in [0.25, 0.3) is 11.4 Å². The average Bonchev–Trinajstić information content (AvgIpc) is 3.28. The van der Waals surface area contributed by atoms with Crippen molar-refractivity contribution < 1.29 is 37.1 Å². The molecule has 1 aromatic carbocycles. The highest BCUT2D eigenvalue weighted by Crippen LogP contribution is 2.15. The summed E-state index contributed by atoms with van der Waals surface area (Å²) in [5, 5.41) is 14.1. The van der Waals surface area contributed by atoms with Crippen LogP contribution < -0.4 is 10.9 Å². The molecule has 10 nitrogen and oxygen atoms in total. The first-order valence-corrected chi connectivity index (χ1v) is 9.85. The molecule has 0 saturated carbocycles. The normalized spacial score (nSPS) is 11.8. The Hall–Kier alpha value is -4.00. The Morgan fingerprint density at radius 2 is 1.82 bits per heavy atom. The number of nitrogens with one attached hydrogen (secondary N) is 1. The zero-order valence-electron chi connectivity index (χ0n) is 17.9. The van der Waals surface area contributed by atoms with Crippen molar-refractivity contribution in [3.8, 4) is 0 Å². The van der Waals surface area contributed by atoms with Gasteiger partial charge >= 0.3 is 18.1 Å². The molecule has 0 amide bonds. The van der Waals surface area contributed by atoms with Gasteiger partial charge in [0, 0.05) is 18.8 Å². The minimum absolute atomic E-state index is 0.0809. The molecule has 2 heterocycles. The number of benzene rings is 1. The molecule has 1 atom stereocenters. The van der Waals surface area contributed by atoms with Crippen LogP contribution in [0.4, 0.5) is 13.2 Å². The second-order valence-electron chi connectivity index (χ2n) is 6.57. The maximum Gasteiger partial charge on any atom is 0.490 e. The minimum Gasteiger partial charge on any atom is -0.475 e. The van der Waals surface area contributed by atoms with Crippen LogP contribution in [0.15, 0.2) is 64.0 Å². The molecule has 1 unspecified atom stereocenters. The number of carboxylic acid groups (broad SMARTS) is 1. The van der Waals surface area contributed by atoms with Crippen LogP contribution in [-0.4, -0.2) is 44.5 Å². The molecule has 13 heteroatoms. The van der Waals surface area contributed by atoms with Crippen molar-refractivity contribution in [2.75, 3.05) is 6.61 Å². The van der Waals surface area contributed by atoms with E-state index in [1.54, 1.807) is 23.8 Å². The summed E-state index contributed by atoms with van der Waals surface area (Å²) in [5.41, 5.74) is 0.931. The maximum atomic E-state index is 12.0. The third-order valence-electron chi connectivity index (χ3n) is 4.15. The fourth-order valence-corrected chi connectivity index (χ4v) is 2.60. The smallest absolute Gasteiger partial charge is 0.475 e. The maximum absolute atomic E-state index is 12.0. The van der Waals surface area contributed by atoms with Crippen LogP contribution in [0.5, 0.6) is 0 Å². The average molecular weight is 482 g/mol. The van der Waals surface area contributed by atoms with Crippen molar-refractivity contribution in [3.05, 3.63) is 82.4 Å². The van der Waals surface area contributed by atoms with Crippen LogP contribution in [0.1, 0.15) is 35.0 Å². The standard InChI is InChI=1S/C19H20N4O4.C2HF3O2/c1-2-26-19(25)18-21-16(27-22-18)12-20-15(14-8-4-3-5-9-14)13-23-11-7-6-10-17(23)24;3-2(4,5)1(6)7/h3-11,15,20H,2,12-13H2,1H3;(H,6,7). The monoisotopic (exact) mass is 482 g/mol. The third kappa shape index (κ3) is 8.16. The second kappa shape index (κ2) is 12.3. The summed E-state index contributed by atoms with van der Waals surface area (Å²) in [5.74, 6) is -3.22. The molecule has 0 aliphatic carbocycles. The van der Waals surface area contributed by atoms with Gasteiger partial charge in [-0.15, -0.1) is 0 Å². The molecule has 0 spiro atoms. The first-order valence-electron chi connectivity index (χ1n) is 9.85. The quantitative estimate of drug-likeness (QED) is 0.464. The summed E-state index contributed by atoms with van der Waals surface area (Å²) in [7, 11) is 0. The molecule has 0 radical (unpaired) electrons. The van der Waals surface area contributed by atoms with Crippen molar-refractivity contribution in [1.82, 2.24) is 20.0 Å². The highest BCUT2D eigenvalue weighted by Gasteiger charge is 2.38. The summed E-state index contributed by atoms with van der Waals surface area (Å²) in [4.78, 5) is 36.6. The Bertz CT molecular complexity index is 1130. The molecular weight excluding hydrogens is 461 g/mol. The highest BCUT2D eigenvalue weighted by molar-refractivity contribution is 5.84. The number of hydrogen-bond acceptors (Lipinski definition) is 8. The Kier molecular flexibility index (Phi) is 9.49. The first kappa shape index (κ1) is 26.3. The summed E-state index contributed by atoms with van der Waals surface area (Å²) in [6, 6.07) is 14.6. The van der Waals surface area contributed by atoms with Gasteiger partial charge in [0.1, 0.15) is 0 Å². The Morgan fingerprint density at radius 3 is 2.41 bits per heavy atom. The summed E-state index contributed by atoms with van der Waals surface area (Å²) >= 11 is 0. The molecule has 0 fully saturated rings. The Morgan fingerprint density at radius 1 is 1.18 bits per heavy atom. The predicted molar refractivity (Wildman–Crippen MR) is 111 cm³/mol. The van der Waals surface area contributed by atoms with Gasteiger partial charge in [-0.05, 0) is 23.7 Å². The van der Waals surface area contributed by atoms with Gasteiger partial charge in [-0.3, -0.25) is 10.1 Å².